The molecule has 0 amide bonds. The van der Waals surface area contributed by atoms with Gasteiger partial charge >= 0.3 is 0 Å². The molecule has 2 aromatic heterocycles. The van der Waals surface area contributed by atoms with Gasteiger partial charge in [-0.15, -0.1) is 0 Å². The number of sulfonamides is 1. The van der Waals surface area contributed by atoms with Gasteiger partial charge in [0.15, 0.2) is 11.6 Å². The number of para-hydroxylation sites is 1. The molecule has 4 aromatic rings. The summed E-state index contributed by atoms with van der Waals surface area (Å²) in [6.45, 7) is 0. The van der Waals surface area contributed by atoms with Crippen molar-refractivity contribution in [2.45, 2.75) is 36.0 Å². The van der Waals surface area contributed by atoms with Crippen LogP contribution < -0.4 is 9.46 Å². The van der Waals surface area contributed by atoms with Gasteiger partial charge in [0.05, 0.1) is 7.11 Å². The molecule has 0 bridgehead atoms. The number of H-pyrrole nitrogens is 1. The average molecular weight is 463 g/mol. The SMILES string of the molecule is COc1ccccc1S(=O)(=O)Nc1noc2c1CC1(CC1)c1ccc(Cc3ccn[nH]3)cc1-2. The lowest BCUT2D eigenvalue weighted by Crippen LogP contribution is -2.20. The summed E-state index contributed by atoms with van der Waals surface area (Å²) >= 11 is 0. The summed E-state index contributed by atoms with van der Waals surface area (Å²) in [7, 11) is -2.46. The summed E-state index contributed by atoms with van der Waals surface area (Å²) in [4.78, 5) is 0.0587. The Hall–Kier alpha value is -3.59. The second-order valence-corrected chi connectivity index (χ2v) is 10.3. The summed E-state index contributed by atoms with van der Waals surface area (Å²) in [5.74, 6) is 1.15. The highest BCUT2D eigenvalue weighted by molar-refractivity contribution is 7.92. The van der Waals surface area contributed by atoms with E-state index in [1.807, 2.05) is 6.07 Å². The first-order valence-corrected chi connectivity index (χ1v) is 12.2. The smallest absolute Gasteiger partial charge is 0.266 e. The highest BCUT2D eigenvalue weighted by atomic mass is 32.2. The molecule has 0 radical (unpaired) electrons. The number of anilines is 1. The molecule has 1 spiro atoms. The Balaban J connectivity index is 1.39. The van der Waals surface area contributed by atoms with Gasteiger partial charge in [0.2, 0.25) is 0 Å². The zero-order valence-electron chi connectivity index (χ0n) is 18.0. The maximum Gasteiger partial charge on any atom is 0.266 e. The van der Waals surface area contributed by atoms with E-state index in [1.165, 1.54) is 18.7 Å². The molecule has 1 saturated carbocycles. The van der Waals surface area contributed by atoms with Crippen LogP contribution in [0.2, 0.25) is 0 Å². The average Bonchev–Trinajstić information content (AvgIpc) is 3.20. The predicted molar refractivity (Wildman–Crippen MR) is 122 cm³/mol. The maximum atomic E-state index is 13.1. The van der Waals surface area contributed by atoms with Crippen LogP contribution in [-0.4, -0.2) is 30.9 Å². The Morgan fingerprint density at radius 3 is 2.79 bits per heavy atom. The second kappa shape index (κ2) is 7.21. The first-order valence-electron chi connectivity index (χ1n) is 10.8. The molecule has 2 aliphatic carbocycles. The molecule has 0 atom stereocenters. The van der Waals surface area contributed by atoms with Crippen LogP contribution in [0.4, 0.5) is 5.82 Å². The van der Waals surface area contributed by atoms with Crippen molar-refractivity contribution >= 4 is 15.8 Å². The molecule has 0 saturated heterocycles. The minimum absolute atomic E-state index is 0.0189. The number of rotatable bonds is 6. The molecule has 2 aliphatic rings. The Kier molecular flexibility index (Phi) is 4.38. The number of aromatic amines is 1. The van der Waals surface area contributed by atoms with Gasteiger partial charge in [-0.25, -0.2) is 8.42 Å². The fraction of sp³-hybridized carbons (Fsp3) is 0.250. The minimum atomic E-state index is -3.90. The van der Waals surface area contributed by atoms with Gasteiger partial charge in [-0.1, -0.05) is 29.4 Å². The summed E-state index contributed by atoms with van der Waals surface area (Å²) in [5, 5.41) is 11.2. The lowest BCUT2D eigenvalue weighted by atomic mass is 9.78. The Bertz CT molecular complexity index is 1450. The van der Waals surface area contributed by atoms with Crippen LogP contribution in [0.1, 0.15) is 35.2 Å². The van der Waals surface area contributed by atoms with Gasteiger partial charge in [-0.2, -0.15) is 5.10 Å². The number of aromatic nitrogens is 3. The number of nitrogens with zero attached hydrogens (tertiary/aromatic N) is 2. The Morgan fingerprint density at radius 2 is 2.03 bits per heavy atom. The van der Waals surface area contributed by atoms with Crippen LogP contribution in [0.25, 0.3) is 11.3 Å². The van der Waals surface area contributed by atoms with E-state index in [-0.39, 0.29) is 21.9 Å². The number of methoxy groups -OCH3 is 1. The van der Waals surface area contributed by atoms with Crippen molar-refractivity contribution in [3.05, 3.63) is 77.1 Å². The highest BCUT2D eigenvalue weighted by Crippen LogP contribution is 2.58. The van der Waals surface area contributed by atoms with Crippen molar-refractivity contribution in [1.29, 1.82) is 0 Å². The standard InChI is InChI=1S/C24H22N4O4S/c1-31-20-4-2-3-5-21(20)33(29,30)28-23-18-14-24(9-10-24)19-7-6-15(12-16-8-11-25-26-16)13-17(19)22(18)32-27-23/h2-8,11,13H,9-10,12,14H2,1H3,(H,25,26)(H,27,28). The number of hydrogen-bond donors (Lipinski definition) is 2. The third kappa shape index (κ3) is 3.31. The molecule has 0 aliphatic heterocycles. The number of nitrogens with one attached hydrogen (secondary N) is 2. The molecular weight excluding hydrogens is 440 g/mol. The summed E-state index contributed by atoms with van der Waals surface area (Å²) < 4.78 is 39.9. The molecule has 2 heterocycles. The zero-order valence-corrected chi connectivity index (χ0v) is 18.8. The molecule has 2 N–H and O–H groups in total. The van der Waals surface area contributed by atoms with Crippen LogP contribution in [0, 0.1) is 0 Å². The Labute approximate surface area is 191 Å². The summed E-state index contributed by atoms with van der Waals surface area (Å²) in [5.41, 5.74) is 5.20. The van der Waals surface area contributed by atoms with E-state index in [2.05, 4.69) is 38.3 Å². The van der Waals surface area contributed by atoms with E-state index in [0.29, 0.717) is 12.2 Å². The lowest BCUT2D eigenvalue weighted by molar-refractivity contribution is 0.403. The van der Waals surface area contributed by atoms with Gasteiger partial charge in [-0.05, 0) is 54.7 Å². The van der Waals surface area contributed by atoms with Gasteiger partial charge in [0.25, 0.3) is 10.0 Å². The summed E-state index contributed by atoms with van der Waals surface area (Å²) in [6, 6.07) is 14.9. The molecule has 2 aromatic carbocycles. The van der Waals surface area contributed by atoms with Gasteiger partial charge in [0.1, 0.15) is 10.6 Å². The first kappa shape index (κ1) is 20.0. The number of ether oxygens (including phenoxy) is 1. The van der Waals surface area contributed by atoms with E-state index in [1.54, 1.807) is 24.4 Å². The van der Waals surface area contributed by atoms with Crippen molar-refractivity contribution in [1.82, 2.24) is 15.4 Å². The van der Waals surface area contributed by atoms with Gasteiger partial charge < -0.3 is 9.26 Å². The molecule has 0 unspecified atom stereocenters. The lowest BCUT2D eigenvalue weighted by Gasteiger charge is -2.25. The number of hydrogen-bond acceptors (Lipinski definition) is 6. The van der Waals surface area contributed by atoms with E-state index < -0.39 is 10.0 Å². The van der Waals surface area contributed by atoms with Crippen molar-refractivity contribution in [3.8, 4) is 17.1 Å². The largest absolute Gasteiger partial charge is 0.495 e. The molecule has 168 valence electrons. The van der Waals surface area contributed by atoms with Crippen molar-refractivity contribution in [3.63, 3.8) is 0 Å². The van der Waals surface area contributed by atoms with Crippen molar-refractivity contribution in [2.24, 2.45) is 0 Å². The third-order valence-electron chi connectivity index (χ3n) is 6.60. The fourth-order valence-corrected chi connectivity index (χ4v) is 5.97. The normalized spacial score (nSPS) is 15.7. The molecule has 9 heteroatoms. The number of benzene rings is 2. The molecule has 8 nitrogen and oxygen atoms in total. The van der Waals surface area contributed by atoms with Crippen LogP contribution >= 0.6 is 0 Å². The second-order valence-electron chi connectivity index (χ2n) is 8.69. The monoisotopic (exact) mass is 462 g/mol. The van der Waals surface area contributed by atoms with Gasteiger partial charge in [0, 0.05) is 34.9 Å². The van der Waals surface area contributed by atoms with Crippen LogP contribution in [0.3, 0.4) is 0 Å². The van der Waals surface area contributed by atoms with Gasteiger partial charge in [-0.3, -0.25) is 9.82 Å². The highest BCUT2D eigenvalue weighted by Gasteiger charge is 2.50. The molecular formula is C24H22N4O4S. The third-order valence-corrected chi connectivity index (χ3v) is 7.98. The number of fused-ring (bicyclic) bond motifs is 4. The van der Waals surface area contributed by atoms with Crippen LogP contribution in [0.5, 0.6) is 5.75 Å². The molecule has 1 fully saturated rings. The van der Waals surface area contributed by atoms with Crippen LogP contribution in [-0.2, 0) is 28.3 Å². The summed E-state index contributed by atoms with van der Waals surface area (Å²) in [6.07, 6.45) is 5.27. The van der Waals surface area contributed by atoms with E-state index in [0.717, 1.165) is 41.6 Å². The van der Waals surface area contributed by atoms with E-state index in [9.17, 15) is 8.42 Å². The van der Waals surface area contributed by atoms with Crippen LogP contribution in [0.15, 0.2) is 64.1 Å². The quantitative estimate of drug-likeness (QED) is 0.447. The van der Waals surface area contributed by atoms with Crippen molar-refractivity contribution < 1.29 is 17.7 Å². The Morgan fingerprint density at radius 1 is 1.18 bits per heavy atom. The van der Waals surface area contributed by atoms with E-state index in [4.69, 9.17) is 9.26 Å². The topological polar surface area (TPSA) is 110 Å². The van der Waals surface area contributed by atoms with Crippen molar-refractivity contribution in [2.75, 3.05) is 11.8 Å². The van der Waals surface area contributed by atoms with E-state index >= 15 is 0 Å². The molecule has 33 heavy (non-hydrogen) atoms. The fourth-order valence-electron chi connectivity index (χ4n) is 4.77. The minimum Gasteiger partial charge on any atom is -0.495 e. The zero-order chi connectivity index (χ0) is 22.6. The maximum absolute atomic E-state index is 13.1. The molecule has 6 rings (SSSR count). The predicted octanol–water partition coefficient (Wildman–Crippen LogP) is 4.05. The first-order chi connectivity index (χ1) is 16.0.